The Morgan fingerprint density at radius 2 is 1.83 bits per heavy atom. The van der Waals surface area contributed by atoms with Crippen LogP contribution in [0.15, 0.2) is 47.3 Å². The molecule has 0 bridgehead atoms. The van der Waals surface area contributed by atoms with Crippen LogP contribution in [0, 0.1) is 6.92 Å². The summed E-state index contributed by atoms with van der Waals surface area (Å²) < 4.78 is 38.7. The number of alkyl halides is 3. The van der Waals surface area contributed by atoms with Gasteiger partial charge in [-0.25, -0.2) is 0 Å². The van der Waals surface area contributed by atoms with Gasteiger partial charge in [-0.1, -0.05) is 23.2 Å². The molecule has 0 fully saturated rings. The third kappa shape index (κ3) is 3.23. The second kappa shape index (κ2) is 5.87. The molecule has 3 rings (SSSR count). The number of benzene rings is 2. The number of anilines is 2. The Labute approximate surface area is 140 Å². The zero-order valence-corrected chi connectivity index (χ0v) is 13.2. The van der Waals surface area contributed by atoms with E-state index in [1.165, 1.54) is 12.1 Å². The summed E-state index contributed by atoms with van der Waals surface area (Å²) in [5, 5.41) is 2.92. The molecule has 0 radical (unpaired) electrons. The first-order valence-corrected chi connectivity index (χ1v) is 7.39. The SMILES string of the molecule is Cc1ccc2[nH]c(Nc3ccc(Cl)c(C(F)(F)F)c3)cc(=O)c2c1. The number of H-pyrrole nitrogens is 1. The van der Waals surface area contributed by atoms with Crippen LogP contribution in [0.25, 0.3) is 10.9 Å². The molecule has 0 saturated carbocycles. The fourth-order valence-electron chi connectivity index (χ4n) is 2.40. The van der Waals surface area contributed by atoms with Crippen molar-refractivity contribution in [3.8, 4) is 0 Å². The highest BCUT2D eigenvalue weighted by molar-refractivity contribution is 6.31. The zero-order valence-electron chi connectivity index (χ0n) is 12.5. The second-order valence-electron chi connectivity index (χ2n) is 5.41. The Balaban J connectivity index is 2.01. The summed E-state index contributed by atoms with van der Waals surface area (Å²) in [6.07, 6.45) is -4.55. The fraction of sp³-hybridized carbons (Fsp3) is 0.118. The number of halogens is 4. The number of aryl methyl sites for hydroxylation is 1. The average Bonchev–Trinajstić information content (AvgIpc) is 2.49. The Morgan fingerprint density at radius 1 is 1.08 bits per heavy atom. The monoisotopic (exact) mass is 352 g/mol. The van der Waals surface area contributed by atoms with Crippen LogP contribution < -0.4 is 10.7 Å². The molecule has 3 nitrogen and oxygen atoms in total. The van der Waals surface area contributed by atoms with Crippen molar-refractivity contribution in [1.82, 2.24) is 4.98 Å². The van der Waals surface area contributed by atoms with Crippen molar-refractivity contribution in [1.29, 1.82) is 0 Å². The molecule has 0 aliphatic heterocycles. The molecular formula is C17H12ClF3N2O. The summed E-state index contributed by atoms with van der Waals surface area (Å²) in [6.45, 7) is 1.87. The molecule has 0 amide bonds. The molecule has 1 heterocycles. The maximum atomic E-state index is 12.9. The molecule has 0 spiro atoms. The van der Waals surface area contributed by atoms with Gasteiger partial charge in [0.05, 0.1) is 16.1 Å². The summed E-state index contributed by atoms with van der Waals surface area (Å²) in [5.74, 6) is 0.298. The van der Waals surface area contributed by atoms with Crippen molar-refractivity contribution >= 4 is 34.0 Å². The van der Waals surface area contributed by atoms with Gasteiger partial charge in [0.25, 0.3) is 0 Å². The van der Waals surface area contributed by atoms with E-state index in [0.29, 0.717) is 16.7 Å². The van der Waals surface area contributed by atoms with E-state index >= 15 is 0 Å². The predicted octanol–water partition coefficient (Wildman–Crippen LogP) is 5.25. The minimum atomic E-state index is -4.55. The number of nitrogens with one attached hydrogen (secondary N) is 2. The summed E-state index contributed by atoms with van der Waals surface area (Å²) in [4.78, 5) is 15.2. The van der Waals surface area contributed by atoms with E-state index in [1.54, 1.807) is 12.1 Å². The first kappa shape index (κ1) is 16.4. The number of hydrogen-bond acceptors (Lipinski definition) is 2. The molecule has 0 saturated heterocycles. The lowest BCUT2D eigenvalue weighted by Gasteiger charge is -2.13. The molecule has 2 aromatic carbocycles. The van der Waals surface area contributed by atoms with Crippen LogP contribution in [0.2, 0.25) is 5.02 Å². The lowest BCUT2D eigenvalue weighted by Crippen LogP contribution is -2.08. The maximum Gasteiger partial charge on any atom is 0.417 e. The van der Waals surface area contributed by atoms with E-state index in [0.717, 1.165) is 17.7 Å². The number of aromatic amines is 1. The second-order valence-corrected chi connectivity index (χ2v) is 5.82. The van der Waals surface area contributed by atoms with Crippen molar-refractivity contribution in [2.24, 2.45) is 0 Å². The highest BCUT2D eigenvalue weighted by Crippen LogP contribution is 2.36. The Hall–Kier alpha value is -2.47. The van der Waals surface area contributed by atoms with Gasteiger partial charge in [0, 0.05) is 17.1 Å². The van der Waals surface area contributed by atoms with E-state index < -0.39 is 11.7 Å². The van der Waals surface area contributed by atoms with Crippen molar-refractivity contribution in [2.75, 3.05) is 5.32 Å². The van der Waals surface area contributed by atoms with Crippen molar-refractivity contribution in [3.05, 3.63) is 68.8 Å². The third-order valence-corrected chi connectivity index (χ3v) is 3.87. The Bertz CT molecular complexity index is 980. The van der Waals surface area contributed by atoms with Crippen molar-refractivity contribution < 1.29 is 13.2 Å². The Morgan fingerprint density at radius 3 is 2.54 bits per heavy atom. The molecule has 0 aliphatic carbocycles. The lowest BCUT2D eigenvalue weighted by atomic mass is 10.1. The molecule has 124 valence electrons. The standard InChI is InChI=1S/C17H12ClF3N2O/c1-9-2-5-14-11(6-9)15(24)8-16(23-14)22-10-3-4-13(18)12(7-10)17(19,20)21/h2-8H,1H3,(H2,22,23,24). The number of rotatable bonds is 2. The van der Waals surface area contributed by atoms with Gasteiger partial charge in [-0.15, -0.1) is 0 Å². The summed E-state index contributed by atoms with van der Waals surface area (Å²) in [7, 11) is 0. The fourth-order valence-corrected chi connectivity index (χ4v) is 2.63. The van der Waals surface area contributed by atoms with Gasteiger partial charge in [0.2, 0.25) is 0 Å². The largest absolute Gasteiger partial charge is 0.417 e. The van der Waals surface area contributed by atoms with Gasteiger partial charge in [0.1, 0.15) is 5.82 Å². The molecule has 3 aromatic rings. The van der Waals surface area contributed by atoms with Crippen LogP contribution in [-0.2, 0) is 6.18 Å². The molecular weight excluding hydrogens is 341 g/mol. The van der Waals surface area contributed by atoms with Crippen LogP contribution in [0.5, 0.6) is 0 Å². The van der Waals surface area contributed by atoms with Crippen LogP contribution >= 0.6 is 11.6 Å². The van der Waals surface area contributed by atoms with E-state index in [-0.39, 0.29) is 16.1 Å². The quantitative estimate of drug-likeness (QED) is 0.661. The van der Waals surface area contributed by atoms with Crippen LogP contribution in [-0.4, -0.2) is 4.98 Å². The smallest absolute Gasteiger partial charge is 0.342 e. The number of aromatic nitrogens is 1. The predicted molar refractivity (Wildman–Crippen MR) is 89.0 cm³/mol. The van der Waals surface area contributed by atoms with Gasteiger partial charge in [0.15, 0.2) is 5.43 Å². The minimum absolute atomic E-state index is 0.175. The maximum absolute atomic E-state index is 12.9. The molecule has 1 aromatic heterocycles. The van der Waals surface area contributed by atoms with E-state index in [4.69, 9.17) is 11.6 Å². The van der Waals surface area contributed by atoms with Gasteiger partial charge >= 0.3 is 6.18 Å². The first-order valence-electron chi connectivity index (χ1n) is 7.01. The third-order valence-electron chi connectivity index (χ3n) is 3.54. The lowest BCUT2D eigenvalue weighted by molar-refractivity contribution is -0.137. The molecule has 7 heteroatoms. The molecule has 0 unspecified atom stereocenters. The van der Waals surface area contributed by atoms with Gasteiger partial charge in [-0.2, -0.15) is 13.2 Å². The summed E-state index contributed by atoms with van der Waals surface area (Å²) in [5.41, 5.74) is 0.559. The van der Waals surface area contributed by atoms with Crippen LogP contribution in [0.4, 0.5) is 24.7 Å². The normalized spacial score (nSPS) is 11.7. The number of pyridine rings is 1. The van der Waals surface area contributed by atoms with Crippen molar-refractivity contribution in [3.63, 3.8) is 0 Å². The Kier molecular flexibility index (Phi) is 4.01. The molecule has 0 aliphatic rings. The van der Waals surface area contributed by atoms with E-state index in [9.17, 15) is 18.0 Å². The summed E-state index contributed by atoms with van der Waals surface area (Å²) in [6, 6.07) is 10.1. The van der Waals surface area contributed by atoms with E-state index in [2.05, 4.69) is 10.3 Å². The van der Waals surface area contributed by atoms with Crippen LogP contribution in [0.1, 0.15) is 11.1 Å². The highest BCUT2D eigenvalue weighted by atomic mass is 35.5. The zero-order chi connectivity index (χ0) is 17.5. The summed E-state index contributed by atoms with van der Waals surface area (Å²) >= 11 is 5.60. The van der Waals surface area contributed by atoms with Gasteiger partial charge < -0.3 is 10.3 Å². The minimum Gasteiger partial charge on any atom is -0.342 e. The molecule has 2 N–H and O–H groups in total. The van der Waals surface area contributed by atoms with Crippen molar-refractivity contribution in [2.45, 2.75) is 13.1 Å². The average molecular weight is 353 g/mol. The topological polar surface area (TPSA) is 44.9 Å². The van der Waals surface area contributed by atoms with E-state index in [1.807, 2.05) is 13.0 Å². The first-order chi connectivity index (χ1) is 11.2. The van der Waals surface area contributed by atoms with Gasteiger partial charge in [-0.3, -0.25) is 4.79 Å². The van der Waals surface area contributed by atoms with Gasteiger partial charge in [-0.05, 0) is 37.3 Å². The molecule has 24 heavy (non-hydrogen) atoms. The number of hydrogen-bond donors (Lipinski definition) is 2. The highest BCUT2D eigenvalue weighted by Gasteiger charge is 2.33. The number of fused-ring (bicyclic) bond motifs is 1. The molecule has 0 atom stereocenters. The van der Waals surface area contributed by atoms with Crippen LogP contribution in [0.3, 0.4) is 0 Å².